The Kier molecular flexibility index (Phi) is 6.42. The Morgan fingerprint density at radius 2 is 2.10 bits per heavy atom. The zero-order valence-corrected chi connectivity index (χ0v) is 12.7. The molecule has 0 aromatic carbocycles. The number of esters is 1. The van der Waals surface area contributed by atoms with Crippen LogP contribution < -0.4 is 5.32 Å². The van der Waals surface area contributed by atoms with E-state index in [-0.39, 0.29) is 12.0 Å². The van der Waals surface area contributed by atoms with Gasteiger partial charge in [0.1, 0.15) is 11.6 Å². The molecule has 6 nitrogen and oxygen atoms in total. The summed E-state index contributed by atoms with van der Waals surface area (Å²) in [5.74, 6) is -0.829. The van der Waals surface area contributed by atoms with Crippen LogP contribution in [-0.4, -0.2) is 49.9 Å². The minimum Gasteiger partial charge on any atom is -0.467 e. The molecular weight excluding hydrogens is 262 g/mol. The Bertz CT molecular complexity index is 336. The topological polar surface area (TPSA) is 73.9 Å². The van der Waals surface area contributed by atoms with Crippen molar-refractivity contribution in [3.63, 3.8) is 0 Å². The van der Waals surface area contributed by atoms with Gasteiger partial charge >= 0.3 is 5.97 Å². The molecule has 6 heteroatoms. The number of carbonyl (C=O) groups excluding carboxylic acids is 2. The summed E-state index contributed by atoms with van der Waals surface area (Å²) in [6.45, 7) is 5.99. The van der Waals surface area contributed by atoms with Crippen molar-refractivity contribution in [1.82, 2.24) is 5.32 Å². The van der Waals surface area contributed by atoms with Crippen molar-refractivity contribution in [2.45, 2.75) is 57.8 Å². The van der Waals surface area contributed by atoms with Crippen molar-refractivity contribution in [3.05, 3.63) is 0 Å². The van der Waals surface area contributed by atoms with Gasteiger partial charge in [0.05, 0.1) is 19.8 Å². The number of rotatable bonds is 6. The molecule has 0 spiro atoms. The van der Waals surface area contributed by atoms with E-state index >= 15 is 0 Å². The lowest BCUT2D eigenvalue weighted by molar-refractivity contribution is -0.151. The number of hydrogen-bond acceptors (Lipinski definition) is 5. The largest absolute Gasteiger partial charge is 0.467 e. The molecule has 1 saturated heterocycles. The molecule has 0 unspecified atom stereocenters. The number of hydrogen-bond donors (Lipinski definition) is 1. The van der Waals surface area contributed by atoms with E-state index in [0.717, 1.165) is 25.9 Å². The van der Waals surface area contributed by atoms with Crippen molar-refractivity contribution in [2.75, 3.05) is 20.3 Å². The summed E-state index contributed by atoms with van der Waals surface area (Å²) in [7, 11) is 1.29. The first kappa shape index (κ1) is 16.9. The van der Waals surface area contributed by atoms with Crippen LogP contribution in [0.15, 0.2) is 0 Å². The maximum absolute atomic E-state index is 12.0. The molecule has 0 radical (unpaired) electrons. The first-order valence-electron chi connectivity index (χ1n) is 7.00. The smallest absolute Gasteiger partial charge is 0.330 e. The van der Waals surface area contributed by atoms with E-state index in [9.17, 15) is 9.59 Å². The summed E-state index contributed by atoms with van der Waals surface area (Å²) in [5.41, 5.74) is -1.06. The molecule has 0 aliphatic carbocycles. The van der Waals surface area contributed by atoms with Gasteiger partial charge in [0.25, 0.3) is 0 Å². The molecule has 0 aromatic rings. The van der Waals surface area contributed by atoms with Crippen molar-refractivity contribution < 1.29 is 23.8 Å². The Hall–Kier alpha value is -1.14. The molecule has 1 N–H and O–H groups in total. The van der Waals surface area contributed by atoms with Crippen molar-refractivity contribution in [2.24, 2.45) is 0 Å². The number of nitrogens with one attached hydrogen (secondary N) is 1. The SMILES string of the molecule is COC(=O)C(C)(C)NC(=O)[C@@H](C)OC[C@H]1CCCCO1. The summed E-state index contributed by atoms with van der Waals surface area (Å²) in [6, 6.07) is 0. The fraction of sp³-hybridized carbons (Fsp3) is 0.857. The van der Waals surface area contributed by atoms with E-state index in [1.165, 1.54) is 7.11 Å². The minimum atomic E-state index is -1.06. The van der Waals surface area contributed by atoms with E-state index in [0.29, 0.717) is 6.61 Å². The minimum absolute atomic E-state index is 0.0626. The summed E-state index contributed by atoms with van der Waals surface area (Å²) in [6.07, 6.45) is 2.60. The highest BCUT2D eigenvalue weighted by Gasteiger charge is 2.32. The first-order chi connectivity index (χ1) is 9.36. The van der Waals surface area contributed by atoms with Crippen LogP contribution in [0.25, 0.3) is 0 Å². The Morgan fingerprint density at radius 3 is 2.65 bits per heavy atom. The van der Waals surface area contributed by atoms with Crippen LogP contribution in [0.1, 0.15) is 40.0 Å². The molecule has 20 heavy (non-hydrogen) atoms. The van der Waals surface area contributed by atoms with Gasteiger partial charge in [0.15, 0.2) is 0 Å². The van der Waals surface area contributed by atoms with Gasteiger partial charge in [-0.15, -0.1) is 0 Å². The van der Waals surface area contributed by atoms with Gasteiger partial charge < -0.3 is 19.5 Å². The fourth-order valence-electron chi connectivity index (χ4n) is 1.98. The van der Waals surface area contributed by atoms with Gasteiger partial charge in [0.2, 0.25) is 5.91 Å². The predicted octanol–water partition coefficient (Wildman–Crippen LogP) is 1.03. The molecule has 0 aromatic heterocycles. The van der Waals surface area contributed by atoms with Crippen molar-refractivity contribution in [1.29, 1.82) is 0 Å². The quantitative estimate of drug-likeness (QED) is 0.739. The molecule has 1 fully saturated rings. The third-order valence-corrected chi connectivity index (χ3v) is 3.31. The molecule has 0 saturated carbocycles. The Morgan fingerprint density at radius 1 is 1.40 bits per heavy atom. The average molecular weight is 287 g/mol. The molecule has 1 rings (SSSR count). The predicted molar refractivity (Wildman–Crippen MR) is 73.2 cm³/mol. The third-order valence-electron chi connectivity index (χ3n) is 3.31. The monoisotopic (exact) mass is 287 g/mol. The molecule has 1 amide bonds. The third kappa shape index (κ3) is 5.09. The normalized spacial score (nSPS) is 21.1. The first-order valence-corrected chi connectivity index (χ1v) is 7.00. The van der Waals surface area contributed by atoms with Crippen LogP contribution in [0, 0.1) is 0 Å². The van der Waals surface area contributed by atoms with Gasteiger partial charge in [-0.05, 0) is 40.0 Å². The summed E-state index contributed by atoms with van der Waals surface area (Å²) >= 11 is 0. The second-order valence-corrected chi connectivity index (χ2v) is 5.57. The standard InChI is InChI=1S/C14H25NO5/c1-10(20-9-11-7-5-6-8-19-11)12(16)15-14(2,3)13(17)18-4/h10-11H,5-9H2,1-4H3,(H,15,16)/t10-,11-/m1/s1. The van der Waals surface area contributed by atoms with Crippen molar-refractivity contribution >= 4 is 11.9 Å². The van der Waals surface area contributed by atoms with E-state index in [1.807, 2.05) is 0 Å². The van der Waals surface area contributed by atoms with Crippen LogP contribution >= 0.6 is 0 Å². The molecule has 1 heterocycles. The number of methoxy groups -OCH3 is 1. The average Bonchev–Trinajstić information content (AvgIpc) is 2.44. The highest BCUT2D eigenvalue weighted by molar-refractivity contribution is 5.89. The molecule has 1 aliphatic rings. The number of carbonyl (C=O) groups is 2. The zero-order chi connectivity index (χ0) is 15.2. The second-order valence-electron chi connectivity index (χ2n) is 5.57. The van der Waals surface area contributed by atoms with Gasteiger partial charge in [-0.1, -0.05) is 0 Å². The zero-order valence-electron chi connectivity index (χ0n) is 12.7. The number of amides is 1. The van der Waals surface area contributed by atoms with Crippen LogP contribution in [0.5, 0.6) is 0 Å². The maximum atomic E-state index is 12.0. The summed E-state index contributed by atoms with van der Waals surface area (Å²) < 4.78 is 15.7. The van der Waals surface area contributed by atoms with E-state index in [2.05, 4.69) is 10.1 Å². The molecular formula is C14H25NO5. The molecule has 1 aliphatic heterocycles. The number of ether oxygens (including phenoxy) is 3. The van der Waals surface area contributed by atoms with Crippen LogP contribution in [0.4, 0.5) is 0 Å². The van der Waals surface area contributed by atoms with Gasteiger partial charge in [-0.3, -0.25) is 4.79 Å². The Labute approximate surface area is 120 Å². The van der Waals surface area contributed by atoms with E-state index in [4.69, 9.17) is 9.47 Å². The summed E-state index contributed by atoms with van der Waals surface area (Å²) in [5, 5.41) is 2.62. The lowest BCUT2D eigenvalue weighted by atomic mass is 10.1. The molecule has 2 atom stereocenters. The molecule has 116 valence electrons. The van der Waals surface area contributed by atoms with Crippen LogP contribution in [0.3, 0.4) is 0 Å². The van der Waals surface area contributed by atoms with E-state index < -0.39 is 17.6 Å². The Balaban J connectivity index is 2.36. The lowest BCUT2D eigenvalue weighted by Crippen LogP contribution is -2.53. The maximum Gasteiger partial charge on any atom is 0.330 e. The van der Waals surface area contributed by atoms with Gasteiger partial charge in [-0.25, -0.2) is 4.79 Å². The highest BCUT2D eigenvalue weighted by atomic mass is 16.5. The fourth-order valence-corrected chi connectivity index (χ4v) is 1.98. The lowest BCUT2D eigenvalue weighted by Gasteiger charge is -2.27. The second kappa shape index (κ2) is 7.59. The van der Waals surface area contributed by atoms with Gasteiger partial charge in [-0.2, -0.15) is 0 Å². The van der Waals surface area contributed by atoms with Crippen molar-refractivity contribution in [3.8, 4) is 0 Å². The van der Waals surface area contributed by atoms with Gasteiger partial charge in [0, 0.05) is 6.61 Å². The highest BCUT2D eigenvalue weighted by Crippen LogP contribution is 2.13. The van der Waals surface area contributed by atoms with Crippen LogP contribution in [0.2, 0.25) is 0 Å². The van der Waals surface area contributed by atoms with Crippen LogP contribution in [-0.2, 0) is 23.8 Å². The molecule has 0 bridgehead atoms. The van der Waals surface area contributed by atoms with E-state index in [1.54, 1.807) is 20.8 Å². The summed E-state index contributed by atoms with van der Waals surface area (Å²) in [4.78, 5) is 23.5.